The average molecular weight is 427 g/mol. The monoisotopic (exact) mass is 427 g/mol. The van der Waals surface area contributed by atoms with Crippen LogP contribution in [0.15, 0.2) is 48.5 Å². The number of para-hydroxylation sites is 1. The van der Waals surface area contributed by atoms with Gasteiger partial charge >= 0.3 is 0 Å². The van der Waals surface area contributed by atoms with Crippen molar-refractivity contribution in [1.29, 1.82) is 0 Å². The van der Waals surface area contributed by atoms with Gasteiger partial charge in [-0.3, -0.25) is 4.79 Å². The van der Waals surface area contributed by atoms with E-state index in [0.29, 0.717) is 34.3 Å². The Morgan fingerprint density at radius 3 is 2.57 bits per heavy atom. The van der Waals surface area contributed by atoms with Crippen LogP contribution < -0.4 is 14.8 Å². The molecule has 30 heavy (non-hydrogen) atoms. The zero-order chi connectivity index (χ0) is 21.3. The van der Waals surface area contributed by atoms with Crippen molar-refractivity contribution < 1.29 is 22.7 Å². The van der Waals surface area contributed by atoms with Crippen LogP contribution in [-0.2, 0) is 26.1 Å². The van der Waals surface area contributed by atoms with E-state index >= 15 is 0 Å². The predicted octanol–water partition coefficient (Wildman–Crippen LogP) is 2.64. The molecule has 1 aromatic heterocycles. The summed E-state index contributed by atoms with van der Waals surface area (Å²) in [5.74, 6) is 0.929. The van der Waals surface area contributed by atoms with Crippen LogP contribution in [0.4, 0.5) is 5.82 Å². The molecular weight excluding hydrogens is 406 g/mol. The maximum absolute atomic E-state index is 12.6. The number of carbonyl (C=O) groups is 1. The molecule has 0 saturated carbocycles. The number of sulfone groups is 1. The number of nitrogens with zero attached hydrogens (tertiary/aromatic N) is 2. The van der Waals surface area contributed by atoms with Gasteiger partial charge in [-0.05, 0) is 42.8 Å². The van der Waals surface area contributed by atoms with E-state index in [1.807, 2.05) is 25.1 Å². The molecule has 4 rings (SSSR count). The summed E-state index contributed by atoms with van der Waals surface area (Å²) in [6.07, 6.45) is 0. The molecule has 2 heterocycles. The van der Waals surface area contributed by atoms with Crippen molar-refractivity contribution in [3.63, 3.8) is 0 Å². The number of carbonyl (C=O) groups excluding carboxylic acids is 1. The molecule has 1 aliphatic heterocycles. The van der Waals surface area contributed by atoms with E-state index in [1.165, 1.54) is 0 Å². The van der Waals surface area contributed by atoms with Gasteiger partial charge in [-0.25, -0.2) is 13.1 Å². The number of fused-ring (bicyclic) bond motifs is 1. The Bertz CT molecular complexity index is 1200. The molecular formula is C21H21N3O5S. The summed E-state index contributed by atoms with van der Waals surface area (Å²) in [6.45, 7) is 1.68. The fourth-order valence-electron chi connectivity index (χ4n) is 3.31. The van der Waals surface area contributed by atoms with E-state index in [0.717, 1.165) is 5.56 Å². The molecule has 1 amide bonds. The molecule has 0 radical (unpaired) electrons. The standard InChI is InChI=1S/C21H21N3O5S/c1-14-5-3-4-6-19(14)29-11-20(25)22-21-17-12-30(26,27)13-18(17)23-24(21)15-7-9-16(28-2)10-8-15/h3-10H,11-13H2,1-2H3,(H,22,25). The number of amides is 1. The third-order valence-corrected chi connectivity index (χ3v) is 6.26. The normalized spacial score (nSPS) is 14.2. The lowest BCUT2D eigenvalue weighted by Crippen LogP contribution is -2.23. The summed E-state index contributed by atoms with van der Waals surface area (Å²) < 4.78 is 36.5. The van der Waals surface area contributed by atoms with Gasteiger partial charge in [0, 0.05) is 5.56 Å². The number of ether oxygens (including phenoxy) is 2. The van der Waals surface area contributed by atoms with Gasteiger partial charge < -0.3 is 14.8 Å². The first kappa shape index (κ1) is 20.0. The number of nitrogens with one attached hydrogen (secondary N) is 1. The Kier molecular flexibility index (Phi) is 5.21. The minimum Gasteiger partial charge on any atom is -0.497 e. The summed E-state index contributed by atoms with van der Waals surface area (Å²) in [6, 6.07) is 14.5. The summed E-state index contributed by atoms with van der Waals surface area (Å²) in [7, 11) is -1.70. The Hall–Kier alpha value is -3.33. The van der Waals surface area contributed by atoms with Crippen molar-refractivity contribution in [2.75, 3.05) is 19.0 Å². The maximum Gasteiger partial charge on any atom is 0.263 e. The quantitative estimate of drug-likeness (QED) is 0.649. The highest BCUT2D eigenvalue weighted by atomic mass is 32.2. The highest BCUT2D eigenvalue weighted by molar-refractivity contribution is 7.90. The Balaban J connectivity index is 1.60. The predicted molar refractivity (Wildman–Crippen MR) is 112 cm³/mol. The van der Waals surface area contributed by atoms with E-state index < -0.39 is 15.7 Å². The number of hydrogen-bond acceptors (Lipinski definition) is 6. The summed E-state index contributed by atoms with van der Waals surface area (Å²) in [5, 5.41) is 7.23. The van der Waals surface area contributed by atoms with Gasteiger partial charge in [0.05, 0.1) is 30.0 Å². The Morgan fingerprint density at radius 2 is 1.87 bits per heavy atom. The van der Waals surface area contributed by atoms with Gasteiger partial charge in [-0.1, -0.05) is 18.2 Å². The highest BCUT2D eigenvalue weighted by Gasteiger charge is 2.33. The molecule has 0 fully saturated rings. The lowest BCUT2D eigenvalue weighted by molar-refractivity contribution is -0.118. The lowest BCUT2D eigenvalue weighted by Gasteiger charge is -2.13. The SMILES string of the molecule is COc1ccc(-n2nc3c(c2NC(=O)COc2ccccc2C)CS(=O)(=O)C3)cc1. The number of aromatic nitrogens is 2. The average Bonchev–Trinajstić information content (AvgIpc) is 3.20. The van der Waals surface area contributed by atoms with Crippen molar-refractivity contribution in [2.45, 2.75) is 18.4 Å². The molecule has 9 heteroatoms. The summed E-state index contributed by atoms with van der Waals surface area (Å²) >= 11 is 0. The third kappa shape index (κ3) is 4.02. The van der Waals surface area contributed by atoms with Gasteiger partial charge in [0.15, 0.2) is 16.4 Å². The van der Waals surface area contributed by atoms with Crippen molar-refractivity contribution in [1.82, 2.24) is 9.78 Å². The van der Waals surface area contributed by atoms with E-state index in [2.05, 4.69) is 10.4 Å². The van der Waals surface area contributed by atoms with E-state index in [9.17, 15) is 13.2 Å². The van der Waals surface area contributed by atoms with E-state index in [-0.39, 0.29) is 18.1 Å². The van der Waals surface area contributed by atoms with Crippen LogP contribution in [-0.4, -0.2) is 37.8 Å². The van der Waals surface area contributed by atoms with Gasteiger partial charge in [0.25, 0.3) is 5.91 Å². The molecule has 8 nitrogen and oxygen atoms in total. The smallest absolute Gasteiger partial charge is 0.263 e. The van der Waals surface area contributed by atoms with Gasteiger partial charge in [-0.2, -0.15) is 5.10 Å². The molecule has 0 bridgehead atoms. The second-order valence-electron chi connectivity index (χ2n) is 7.02. The second kappa shape index (κ2) is 7.83. The zero-order valence-corrected chi connectivity index (χ0v) is 17.4. The second-order valence-corrected chi connectivity index (χ2v) is 9.08. The fourth-order valence-corrected chi connectivity index (χ4v) is 4.80. The van der Waals surface area contributed by atoms with Crippen molar-refractivity contribution in [2.24, 2.45) is 0 Å². The number of aryl methyl sites for hydroxylation is 1. The third-order valence-electron chi connectivity index (χ3n) is 4.81. The largest absolute Gasteiger partial charge is 0.497 e. The Labute approximate surface area is 174 Å². The van der Waals surface area contributed by atoms with Crippen LogP contribution in [0.25, 0.3) is 5.69 Å². The topological polar surface area (TPSA) is 99.5 Å². The Morgan fingerprint density at radius 1 is 1.13 bits per heavy atom. The van der Waals surface area contributed by atoms with Gasteiger partial charge in [0.1, 0.15) is 17.3 Å². The fraction of sp³-hybridized carbons (Fsp3) is 0.238. The number of benzene rings is 2. The van der Waals surface area contributed by atoms with Crippen LogP contribution in [0.2, 0.25) is 0 Å². The zero-order valence-electron chi connectivity index (χ0n) is 16.6. The molecule has 1 aliphatic rings. The van der Waals surface area contributed by atoms with Gasteiger partial charge in [-0.15, -0.1) is 0 Å². The maximum atomic E-state index is 12.6. The number of rotatable bonds is 6. The minimum atomic E-state index is -3.27. The molecule has 0 atom stereocenters. The van der Waals surface area contributed by atoms with Crippen LogP contribution in [0.3, 0.4) is 0 Å². The van der Waals surface area contributed by atoms with E-state index in [1.54, 1.807) is 42.1 Å². The highest BCUT2D eigenvalue weighted by Crippen LogP contribution is 2.33. The summed E-state index contributed by atoms with van der Waals surface area (Å²) in [5.41, 5.74) is 2.55. The van der Waals surface area contributed by atoms with Crippen LogP contribution in [0.5, 0.6) is 11.5 Å². The molecule has 156 valence electrons. The molecule has 2 aromatic carbocycles. The molecule has 0 spiro atoms. The van der Waals surface area contributed by atoms with Crippen LogP contribution in [0.1, 0.15) is 16.8 Å². The van der Waals surface area contributed by atoms with Crippen LogP contribution >= 0.6 is 0 Å². The molecule has 1 N–H and O–H groups in total. The van der Waals surface area contributed by atoms with E-state index in [4.69, 9.17) is 9.47 Å². The van der Waals surface area contributed by atoms with Crippen molar-refractivity contribution in [3.8, 4) is 17.2 Å². The molecule has 0 unspecified atom stereocenters. The molecule has 0 aliphatic carbocycles. The first-order valence-electron chi connectivity index (χ1n) is 9.30. The minimum absolute atomic E-state index is 0.145. The van der Waals surface area contributed by atoms with Crippen LogP contribution in [0, 0.1) is 6.92 Å². The number of methoxy groups -OCH3 is 1. The molecule has 0 saturated heterocycles. The first-order chi connectivity index (χ1) is 14.4. The number of hydrogen-bond donors (Lipinski definition) is 1. The van der Waals surface area contributed by atoms with Crippen molar-refractivity contribution in [3.05, 3.63) is 65.4 Å². The first-order valence-corrected chi connectivity index (χ1v) is 11.1. The van der Waals surface area contributed by atoms with Crippen molar-refractivity contribution >= 4 is 21.6 Å². The lowest BCUT2D eigenvalue weighted by atomic mass is 10.2. The van der Waals surface area contributed by atoms with Gasteiger partial charge in [0.2, 0.25) is 0 Å². The number of anilines is 1. The molecule has 3 aromatic rings. The summed E-state index contributed by atoms with van der Waals surface area (Å²) in [4.78, 5) is 12.6.